The molecule has 0 aliphatic carbocycles. The molecule has 2 aromatic rings. The van der Waals surface area contributed by atoms with E-state index >= 15 is 0 Å². The Balaban J connectivity index is 2.50. The van der Waals surface area contributed by atoms with E-state index in [1.165, 1.54) is 12.1 Å². The highest BCUT2D eigenvalue weighted by Gasteiger charge is 2.20. The van der Waals surface area contributed by atoms with Crippen molar-refractivity contribution >= 4 is 43.2 Å². The average molecular weight is 409 g/mol. The topological polar surface area (TPSA) is 21.3 Å². The molecule has 1 aromatic heterocycles. The smallest absolute Gasteiger partial charge is 0.124 e. The van der Waals surface area contributed by atoms with Crippen molar-refractivity contribution in [3.05, 3.63) is 48.8 Å². The molecular weight excluding hydrogens is 397 g/mol. The number of hydrogen-bond acceptors (Lipinski definition) is 3. The number of nitrogens with one attached hydrogen (secondary N) is 1. The Morgan fingerprint density at radius 2 is 2.05 bits per heavy atom. The Morgan fingerprint density at radius 3 is 2.58 bits per heavy atom. The van der Waals surface area contributed by atoms with Crippen LogP contribution in [0.1, 0.15) is 16.5 Å². The summed E-state index contributed by atoms with van der Waals surface area (Å²) in [5.41, 5.74) is 0.784. The molecule has 0 aliphatic heterocycles. The lowest BCUT2D eigenvalue weighted by atomic mass is 10.0. The molecule has 102 valence electrons. The zero-order valence-corrected chi connectivity index (χ0v) is 14.3. The van der Waals surface area contributed by atoms with E-state index in [4.69, 9.17) is 4.74 Å². The van der Waals surface area contributed by atoms with Gasteiger partial charge in [0.15, 0.2) is 0 Å². The molecule has 0 radical (unpaired) electrons. The molecule has 6 heteroatoms. The van der Waals surface area contributed by atoms with Crippen molar-refractivity contribution < 1.29 is 9.13 Å². The van der Waals surface area contributed by atoms with Crippen molar-refractivity contribution in [1.82, 2.24) is 5.32 Å². The Morgan fingerprint density at radius 1 is 1.32 bits per heavy atom. The second-order valence-electron chi connectivity index (χ2n) is 3.88. The molecule has 1 aromatic carbocycles. The van der Waals surface area contributed by atoms with E-state index in [2.05, 4.69) is 37.2 Å². The van der Waals surface area contributed by atoms with Gasteiger partial charge in [-0.2, -0.15) is 0 Å². The number of halogens is 3. The number of thiophene rings is 1. The van der Waals surface area contributed by atoms with Crippen LogP contribution in [0.15, 0.2) is 32.5 Å². The summed E-state index contributed by atoms with van der Waals surface area (Å²) in [7, 11) is 3.43. The van der Waals surface area contributed by atoms with Gasteiger partial charge in [0.1, 0.15) is 11.6 Å². The van der Waals surface area contributed by atoms with E-state index in [0.717, 1.165) is 18.7 Å². The molecule has 0 saturated carbocycles. The second-order valence-corrected chi connectivity index (χ2v) is 7.13. The average Bonchev–Trinajstić information content (AvgIpc) is 2.70. The van der Waals surface area contributed by atoms with Crippen LogP contribution in [0, 0.1) is 5.82 Å². The first-order chi connectivity index (χ1) is 9.06. The molecule has 1 N–H and O–H groups in total. The maximum absolute atomic E-state index is 13.5. The first-order valence-electron chi connectivity index (χ1n) is 5.52. The second kappa shape index (κ2) is 6.35. The quantitative estimate of drug-likeness (QED) is 0.789. The molecule has 0 spiro atoms. The first kappa shape index (κ1) is 15.0. The number of hydrogen-bond donors (Lipinski definition) is 1. The third-order valence-corrected chi connectivity index (χ3v) is 6.06. The van der Waals surface area contributed by atoms with Crippen LogP contribution in [-0.4, -0.2) is 14.2 Å². The lowest BCUT2D eigenvalue weighted by molar-refractivity contribution is 0.404. The molecular formula is C13H12Br2FNOS. The largest absolute Gasteiger partial charge is 0.496 e. The van der Waals surface area contributed by atoms with Crippen molar-refractivity contribution in [2.45, 2.75) is 6.04 Å². The Kier molecular flexibility index (Phi) is 5.00. The minimum Gasteiger partial charge on any atom is -0.496 e. The van der Waals surface area contributed by atoms with Gasteiger partial charge in [-0.1, -0.05) is 0 Å². The number of benzene rings is 1. The number of rotatable bonds is 4. The standard InChI is InChI=1S/C13H12Br2FNOS/c1-17-12(11-6-9(14)13(15)19-11)8-5-7(16)3-4-10(8)18-2/h3-6,12,17H,1-2H3. The van der Waals surface area contributed by atoms with Gasteiger partial charge in [0.05, 0.1) is 16.9 Å². The van der Waals surface area contributed by atoms with Gasteiger partial charge < -0.3 is 10.1 Å². The van der Waals surface area contributed by atoms with Crippen molar-refractivity contribution in [3.8, 4) is 5.75 Å². The third-order valence-electron chi connectivity index (χ3n) is 2.74. The first-order valence-corrected chi connectivity index (χ1v) is 7.92. The van der Waals surface area contributed by atoms with Crippen molar-refractivity contribution in [3.63, 3.8) is 0 Å². The van der Waals surface area contributed by atoms with Gasteiger partial charge in [0.2, 0.25) is 0 Å². The van der Waals surface area contributed by atoms with Gasteiger partial charge in [-0.05, 0) is 63.2 Å². The van der Waals surface area contributed by atoms with Gasteiger partial charge >= 0.3 is 0 Å². The van der Waals surface area contributed by atoms with E-state index in [1.54, 1.807) is 24.5 Å². The minimum absolute atomic E-state index is 0.113. The summed E-state index contributed by atoms with van der Waals surface area (Å²) in [4.78, 5) is 1.07. The summed E-state index contributed by atoms with van der Waals surface area (Å²) in [6.07, 6.45) is 0. The van der Waals surface area contributed by atoms with E-state index < -0.39 is 0 Å². The SMILES string of the molecule is CNC(c1cc(Br)c(Br)s1)c1cc(F)ccc1OC. The highest BCUT2D eigenvalue weighted by atomic mass is 79.9. The van der Waals surface area contributed by atoms with Crippen molar-refractivity contribution in [2.75, 3.05) is 14.2 Å². The molecule has 0 saturated heterocycles. The molecule has 1 unspecified atom stereocenters. The fraction of sp³-hybridized carbons (Fsp3) is 0.231. The summed E-state index contributed by atoms with van der Waals surface area (Å²) >= 11 is 8.54. The molecule has 0 amide bonds. The van der Waals surface area contributed by atoms with Crippen LogP contribution in [0.2, 0.25) is 0 Å². The normalized spacial score (nSPS) is 12.5. The van der Waals surface area contributed by atoms with Gasteiger partial charge in [-0.15, -0.1) is 11.3 Å². The monoisotopic (exact) mass is 407 g/mol. The number of ether oxygens (including phenoxy) is 1. The van der Waals surface area contributed by atoms with Crippen LogP contribution in [0.25, 0.3) is 0 Å². The molecule has 0 aliphatic rings. The molecule has 19 heavy (non-hydrogen) atoms. The lowest BCUT2D eigenvalue weighted by Gasteiger charge is -2.18. The van der Waals surface area contributed by atoms with E-state index in [9.17, 15) is 4.39 Å². The van der Waals surface area contributed by atoms with Gasteiger partial charge in [0.25, 0.3) is 0 Å². The fourth-order valence-corrected chi connectivity index (χ4v) is 4.11. The predicted octanol–water partition coefficient (Wildman–Crippen LogP) is 4.73. The van der Waals surface area contributed by atoms with E-state index in [1.807, 2.05) is 13.1 Å². The minimum atomic E-state index is -0.272. The van der Waals surface area contributed by atoms with Crippen LogP contribution in [0.3, 0.4) is 0 Å². The zero-order chi connectivity index (χ0) is 14.0. The van der Waals surface area contributed by atoms with E-state index in [-0.39, 0.29) is 11.9 Å². The molecule has 1 heterocycles. The highest BCUT2D eigenvalue weighted by molar-refractivity contribution is 9.13. The maximum atomic E-state index is 13.5. The summed E-state index contributed by atoms with van der Waals surface area (Å²) in [6, 6.07) is 6.45. The van der Waals surface area contributed by atoms with Crippen LogP contribution in [-0.2, 0) is 0 Å². The fourth-order valence-electron chi connectivity index (χ4n) is 1.89. The highest BCUT2D eigenvalue weighted by Crippen LogP contribution is 2.39. The van der Waals surface area contributed by atoms with Gasteiger partial charge in [0, 0.05) is 14.9 Å². The Labute approximate surface area is 132 Å². The Hall–Kier alpha value is -0.430. The molecule has 0 fully saturated rings. The van der Waals surface area contributed by atoms with Crippen molar-refractivity contribution in [2.24, 2.45) is 0 Å². The number of methoxy groups -OCH3 is 1. The van der Waals surface area contributed by atoms with Crippen molar-refractivity contribution in [1.29, 1.82) is 0 Å². The molecule has 2 rings (SSSR count). The molecule has 0 bridgehead atoms. The predicted molar refractivity (Wildman–Crippen MR) is 83.6 cm³/mol. The van der Waals surface area contributed by atoms with Crippen LogP contribution < -0.4 is 10.1 Å². The van der Waals surface area contributed by atoms with Gasteiger partial charge in [-0.25, -0.2) is 4.39 Å². The lowest BCUT2D eigenvalue weighted by Crippen LogP contribution is -2.17. The zero-order valence-electron chi connectivity index (χ0n) is 10.3. The van der Waals surface area contributed by atoms with Crippen LogP contribution >= 0.6 is 43.2 Å². The Bertz CT molecular complexity index is 569. The van der Waals surface area contributed by atoms with Gasteiger partial charge in [-0.3, -0.25) is 0 Å². The molecule has 1 atom stereocenters. The summed E-state index contributed by atoms with van der Waals surface area (Å²) in [5, 5.41) is 3.20. The molecule has 2 nitrogen and oxygen atoms in total. The third kappa shape index (κ3) is 3.18. The van der Waals surface area contributed by atoms with E-state index in [0.29, 0.717) is 5.75 Å². The summed E-state index contributed by atoms with van der Waals surface area (Å²) in [5.74, 6) is 0.395. The summed E-state index contributed by atoms with van der Waals surface area (Å²) < 4.78 is 20.8. The maximum Gasteiger partial charge on any atom is 0.124 e. The summed E-state index contributed by atoms with van der Waals surface area (Å²) in [6.45, 7) is 0. The van der Waals surface area contributed by atoms with Crippen LogP contribution in [0.5, 0.6) is 5.75 Å². The van der Waals surface area contributed by atoms with Crippen LogP contribution in [0.4, 0.5) is 4.39 Å².